The molecule has 4 heteroatoms. The minimum Gasteiger partial charge on any atom is -0.321 e. The van der Waals surface area contributed by atoms with Crippen LogP contribution in [-0.2, 0) is 4.79 Å². The van der Waals surface area contributed by atoms with Crippen LogP contribution in [0, 0.1) is 17.8 Å². The molecule has 3 atom stereocenters. The van der Waals surface area contributed by atoms with Crippen LogP contribution in [0.2, 0.25) is 0 Å². The van der Waals surface area contributed by atoms with Gasteiger partial charge in [-0.2, -0.15) is 11.3 Å². The average molecular weight is 306 g/mol. The van der Waals surface area contributed by atoms with Crippen LogP contribution in [0.1, 0.15) is 51.8 Å². The summed E-state index contributed by atoms with van der Waals surface area (Å²) in [7, 11) is 0. The predicted molar refractivity (Wildman–Crippen MR) is 87.0 cm³/mol. The van der Waals surface area contributed by atoms with Crippen molar-refractivity contribution >= 4 is 17.2 Å². The van der Waals surface area contributed by atoms with E-state index < -0.39 is 0 Å². The fraction of sp³-hybridized carbons (Fsp3) is 0.706. The van der Waals surface area contributed by atoms with E-state index in [0.29, 0.717) is 17.7 Å². The summed E-state index contributed by atoms with van der Waals surface area (Å²) in [5.74, 6) is 2.29. The van der Waals surface area contributed by atoms with Crippen molar-refractivity contribution in [3.8, 4) is 0 Å². The second-order valence-corrected chi connectivity index (χ2v) is 7.89. The van der Waals surface area contributed by atoms with Crippen molar-refractivity contribution in [3.63, 3.8) is 0 Å². The molecule has 1 aromatic heterocycles. The van der Waals surface area contributed by atoms with Gasteiger partial charge in [-0.25, -0.2) is 0 Å². The van der Waals surface area contributed by atoms with E-state index in [2.05, 4.69) is 47.8 Å². The zero-order valence-corrected chi connectivity index (χ0v) is 14.0. The molecular formula is C17H26N2OS. The van der Waals surface area contributed by atoms with Gasteiger partial charge in [-0.3, -0.25) is 10.1 Å². The van der Waals surface area contributed by atoms with E-state index in [1.807, 2.05) is 0 Å². The summed E-state index contributed by atoms with van der Waals surface area (Å²) >= 11 is 1.70. The highest BCUT2D eigenvalue weighted by molar-refractivity contribution is 7.07. The molecule has 3 unspecified atom stereocenters. The van der Waals surface area contributed by atoms with E-state index in [4.69, 9.17) is 0 Å². The van der Waals surface area contributed by atoms with Crippen LogP contribution in [0.3, 0.4) is 0 Å². The second-order valence-electron chi connectivity index (χ2n) is 7.11. The Balaban J connectivity index is 1.76. The molecule has 0 spiro atoms. The zero-order valence-electron chi connectivity index (χ0n) is 13.2. The molecule has 1 N–H and O–H groups in total. The van der Waals surface area contributed by atoms with Gasteiger partial charge in [0.2, 0.25) is 5.91 Å². The Morgan fingerprint density at radius 1 is 1.38 bits per heavy atom. The molecule has 1 aromatic rings. The normalized spacial score (nSPS) is 27.6. The largest absolute Gasteiger partial charge is 0.321 e. The van der Waals surface area contributed by atoms with Crippen molar-refractivity contribution in [3.05, 3.63) is 22.4 Å². The van der Waals surface area contributed by atoms with Crippen LogP contribution in [0.4, 0.5) is 0 Å². The highest BCUT2D eigenvalue weighted by atomic mass is 32.1. The van der Waals surface area contributed by atoms with Crippen LogP contribution in [-0.4, -0.2) is 23.4 Å². The van der Waals surface area contributed by atoms with Gasteiger partial charge in [0.25, 0.3) is 0 Å². The number of amides is 1. The van der Waals surface area contributed by atoms with Crippen molar-refractivity contribution < 1.29 is 4.79 Å². The first-order valence-electron chi connectivity index (χ1n) is 8.15. The third kappa shape index (κ3) is 3.32. The van der Waals surface area contributed by atoms with Gasteiger partial charge in [0.05, 0.1) is 6.04 Å². The summed E-state index contributed by atoms with van der Waals surface area (Å²) in [5.41, 5.74) is 1.24. The molecule has 1 aliphatic carbocycles. The van der Waals surface area contributed by atoms with Gasteiger partial charge >= 0.3 is 0 Å². The van der Waals surface area contributed by atoms with E-state index in [9.17, 15) is 4.79 Å². The molecule has 0 bridgehead atoms. The Morgan fingerprint density at radius 3 is 2.71 bits per heavy atom. The summed E-state index contributed by atoms with van der Waals surface area (Å²) in [4.78, 5) is 14.9. The van der Waals surface area contributed by atoms with E-state index in [1.54, 1.807) is 11.3 Å². The van der Waals surface area contributed by atoms with Gasteiger partial charge in [-0.1, -0.05) is 20.8 Å². The number of hydrogen-bond acceptors (Lipinski definition) is 3. The maximum atomic E-state index is 12.8. The van der Waals surface area contributed by atoms with Gasteiger partial charge in [-0.05, 0) is 59.4 Å². The van der Waals surface area contributed by atoms with Gasteiger partial charge in [0.1, 0.15) is 6.17 Å². The van der Waals surface area contributed by atoms with Crippen LogP contribution in [0.25, 0.3) is 0 Å². The molecule has 1 aliphatic heterocycles. The van der Waals surface area contributed by atoms with Crippen molar-refractivity contribution in [2.45, 2.75) is 52.2 Å². The molecule has 1 saturated heterocycles. The smallest absolute Gasteiger partial charge is 0.241 e. The molecule has 1 saturated carbocycles. The fourth-order valence-electron chi connectivity index (χ4n) is 3.35. The Hall–Kier alpha value is -0.870. The first-order valence-corrected chi connectivity index (χ1v) is 9.09. The maximum Gasteiger partial charge on any atom is 0.241 e. The van der Waals surface area contributed by atoms with Gasteiger partial charge in [0, 0.05) is 6.54 Å². The third-order valence-corrected chi connectivity index (χ3v) is 5.43. The topological polar surface area (TPSA) is 32.3 Å². The SMILES string of the molecule is CC(C)CC1NC(c2ccsc2)N(CC(C)C2CC2)C1=O. The lowest BCUT2D eigenvalue weighted by Crippen LogP contribution is -2.35. The van der Waals surface area contributed by atoms with Gasteiger partial charge in [0.15, 0.2) is 0 Å². The quantitative estimate of drug-likeness (QED) is 0.870. The number of rotatable bonds is 6. The number of nitrogens with zero attached hydrogens (tertiary/aromatic N) is 1. The molecule has 1 amide bonds. The lowest BCUT2D eigenvalue weighted by molar-refractivity contribution is -0.131. The second kappa shape index (κ2) is 6.09. The lowest BCUT2D eigenvalue weighted by Gasteiger charge is -2.26. The molecule has 0 radical (unpaired) electrons. The van der Waals surface area contributed by atoms with Crippen molar-refractivity contribution in [2.24, 2.45) is 17.8 Å². The summed E-state index contributed by atoms with van der Waals surface area (Å²) in [6.07, 6.45) is 3.69. The molecule has 116 valence electrons. The molecule has 0 aromatic carbocycles. The van der Waals surface area contributed by atoms with Gasteiger partial charge in [-0.15, -0.1) is 0 Å². The van der Waals surface area contributed by atoms with Crippen LogP contribution in [0.5, 0.6) is 0 Å². The average Bonchev–Trinajstić information content (AvgIpc) is 3.08. The summed E-state index contributed by atoms with van der Waals surface area (Å²) in [6.45, 7) is 7.56. The first-order chi connectivity index (χ1) is 10.1. The summed E-state index contributed by atoms with van der Waals surface area (Å²) in [5, 5.41) is 7.83. The standard InChI is InChI=1S/C17H26N2OS/c1-11(2)8-15-17(20)19(9-12(3)13-4-5-13)16(18-15)14-6-7-21-10-14/h6-7,10-13,15-16,18H,4-5,8-9H2,1-3H3. The summed E-state index contributed by atoms with van der Waals surface area (Å²) < 4.78 is 0. The molecule has 3 nitrogen and oxygen atoms in total. The Morgan fingerprint density at radius 2 is 2.14 bits per heavy atom. The highest BCUT2D eigenvalue weighted by Gasteiger charge is 2.41. The van der Waals surface area contributed by atoms with Crippen molar-refractivity contribution in [1.29, 1.82) is 0 Å². The Kier molecular flexibility index (Phi) is 4.36. The molecule has 2 aliphatic rings. The van der Waals surface area contributed by atoms with E-state index in [-0.39, 0.29) is 12.2 Å². The van der Waals surface area contributed by atoms with Crippen LogP contribution < -0.4 is 5.32 Å². The van der Waals surface area contributed by atoms with Crippen molar-refractivity contribution in [1.82, 2.24) is 10.2 Å². The van der Waals surface area contributed by atoms with Crippen LogP contribution >= 0.6 is 11.3 Å². The third-order valence-electron chi connectivity index (χ3n) is 4.73. The Labute approximate surface area is 131 Å². The number of carbonyl (C=O) groups is 1. The van der Waals surface area contributed by atoms with E-state index >= 15 is 0 Å². The minimum atomic E-state index is -0.0127. The molecule has 2 heterocycles. The fourth-order valence-corrected chi connectivity index (χ4v) is 4.03. The lowest BCUT2D eigenvalue weighted by atomic mass is 10.0. The molecule has 2 fully saturated rings. The predicted octanol–water partition coefficient (Wildman–Crippen LogP) is 3.64. The van der Waals surface area contributed by atoms with E-state index in [1.165, 1.54) is 18.4 Å². The Bertz CT molecular complexity index is 481. The monoisotopic (exact) mass is 306 g/mol. The molecule has 3 rings (SSSR count). The van der Waals surface area contributed by atoms with Crippen LogP contribution in [0.15, 0.2) is 16.8 Å². The number of thiophene rings is 1. The van der Waals surface area contributed by atoms with Crippen molar-refractivity contribution in [2.75, 3.05) is 6.54 Å². The number of nitrogens with one attached hydrogen (secondary N) is 1. The summed E-state index contributed by atoms with van der Waals surface area (Å²) in [6, 6.07) is 2.13. The van der Waals surface area contributed by atoms with Gasteiger partial charge < -0.3 is 4.90 Å². The highest BCUT2D eigenvalue weighted by Crippen LogP contribution is 2.39. The number of hydrogen-bond donors (Lipinski definition) is 1. The number of carbonyl (C=O) groups excluding carboxylic acids is 1. The molecule has 21 heavy (non-hydrogen) atoms. The first kappa shape index (κ1) is 15.0. The minimum absolute atomic E-state index is 0.0127. The molecular weight excluding hydrogens is 280 g/mol. The zero-order chi connectivity index (χ0) is 15.0. The van der Waals surface area contributed by atoms with E-state index in [0.717, 1.165) is 18.9 Å². The maximum absolute atomic E-state index is 12.8.